The van der Waals surface area contributed by atoms with E-state index < -0.39 is 0 Å². The van der Waals surface area contributed by atoms with Crippen LogP contribution in [0.4, 0.5) is 0 Å². The summed E-state index contributed by atoms with van der Waals surface area (Å²) in [6.45, 7) is 2.12. The molecule has 0 saturated heterocycles. The maximum absolute atomic E-state index is 10.1. The SMILES string of the molecule is CC1CCCCC1N=O. The van der Waals surface area contributed by atoms with Crippen molar-refractivity contribution in [1.29, 1.82) is 0 Å². The first-order valence-corrected chi connectivity index (χ1v) is 3.67. The Labute approximate surface area is 55.6 Å². The van der Waals surface area contributed by atoms with Crippen LogP contribution in [0.1, 0.15) is 32.6 Å². The predicted molar refractivity (Wildman–Crippen MR) is 37.2 cm³/mol. The monoisotopic (exact) mass is 127 g/mol. The first-order valence-electron chi connectivity index (χ1n) is 3.67. The van der Waals surface area contributed by atoms with E-state index in [1.807, 2.05) is 0 Å². The van der Waals surface area contributed by atoms with E-state index in [2.05, 4.69) is 12.1 Å². The van der Waals surface area contributed by atoms with Crippen LogP contribution in [0.15, 0.2) is 5.18 Å². The third kappa shape index (κ3) is 1.50. The van der Waals surface area contributed by atoms with Crippen LogP contribution >= 0.6 is 0 Å². The summed E-state index contributed by atoms with van der Waals surface area (Å²) < 4.78 is 0. The van der Waals surface area contributed by atoms with Crippen molar-refractivity contribution in [2.45, 2.75) is 38.6 Å². The fourth-order valence-corrected chi connectivity index (χ4v) is 1.45. The second-order valence-corrected chi connectivity index (χ2v) is 2.93. The molecule has 0 amide bonds. The summed E-state index contributed by atoms with van der Waals surface area (Å²) in [7, 11) is 0. The molecule has 0 N–H and O–H groups in total. The van der Waals surface area contributed by atoms with Crippen LogP contribution in [0.2, 0.25) is 0 Å². The highest BCUT2D eigenvalue weighted by atomic mass is 16.3. The van der Waals surface area contributed by atoms with Crippen molar-refractivity contribution in [3.8, 4) is 0 Å². The zero-order valence-electron chi connectivity index (χ0n) is 5.84. The van der Waals surface area contributed by atoms with Gasteiger partial charge in [-0.3, -0.25) is 0 Å². The van der Waals surface area contributed by atoms with Gasteiger partial charge in [-0.1, -0.05) is 24.9 Å². The van der Waals surface area contributed by atoms with Crippen molar-refractivity contribution in [1.82, 2.24) is 0 Å². The summed E-state index contributed by atoms with van der Waals surface area (Å²) in [5.41, 5.74) is 0. The van der Waals surface area contributed by atoms with E-state index in [9.17, 15) is 4.91 Å². The normalized spacial score (nSPS) is 36.1. The molecule has 2 atom stereocenters. The Morgan fingerprint density at radius 3 is 2.44 bits per heavy atom. The molecule has 52 valence electrons. The van der Waals surface area contributed by atoms with Gasteiger partial charge in [-0.15, -0.1) is 0 Å². The van der Waals surface area contributed by atoms with Crippen LogP contribution in [-0.4, -0.2) is 6.04 Å². The zero-order chi connectivity index (χ0) is 6.69. The van der Waals surface area contributed by atoms with Crippen molar-refractivity contribution >= 4 is 0 Å². The molecule has 0 aromatic carbocycles. The molecule has 0 heterocycles. The molecule has 0 spiro atoms. The summed E-state index contributed by atoms with van der Waals surface area (Å²) in [5, 5.41) is 3.08. The Hall–Kier alpha value is -0.400. The molecule has 9 heavy (non-hydrogen) atoms. The van der Waals surface area contributed by atoms with Gasteiger partial charge in [-0.2, -0.15) is 4.91 Å². The number of hydrogen-bond acceptors (Lipinski definition) is 2. The quantitative estimate of drug-likeness (QED) is 0.497. The van der Waals surface area contributed by atoms with Crippen molar-refractivity contribution < 1.29 is 0 Å². The molecular weight excluding hydrogens is 114 g/mol. The molecule has 0 aromatic rings. The predicted octanol–water partition coefficient (Wildman–Crippen LogP) is 2.33. The third-order valence-corrected chi connectivity index (χ3v) is 2.20. The van der Waals surface area contributed by atoms with Gasteiger partial charge in [-0.05, 0) is 18.8 Å². The molecule has 0 aromatic heterocycles. The smallest absolute Gasteiger partial charge is 0.0945 e. The van der Waals surface area contributed by atoms with E-state index >= 15 is 0 Å². The Bertz CT molecular complexity index is 103. The second kappa shape index (κ2) is 2.95. The Morgan fingerprint density at radius 2 is 2.00 bits per heavy atom. The van der Waals surface area contributed by atoms with E-state index in [1.54, 1.807) is 0 Å². The number of nitroso groups, excluding NO2 is 1. The van der Waals surface area contributed by atoms with Gasteiger partial charge in [0.05, 0.1) is 6.04 Å². The lowest BCUT2D eigenvalue weighted by Gasteiger charge is -2.21. The molecule has 0 radical (unpaired) electrons. The minimum Gasteiger partial charge on any atom is -0.151 e. The summed E-state index contributed by atoms with van der Waals surface area (Å²) in [6, 6.07) is 0.124. The lowest BCUT2D eigenvalue weighted by atomic mass is 9.87. The van der Waals surface area contributed by atoms with Crippen molar-refractivity contribution in [3.05, 3.63) is 4.91 Å². The zero-order valence-corrected chi connectivity index (χ0v) is 5.84. The highest BCUT2D eigenvalue weighted by molar-refractivity contribution is 4.76. The van der Waals surface area contributed by atoms with E-state index in [-0.39, 0.29) is 6.04 Å². The molecule has 1 saturated carbocycles. The maximum Gasteiger partial charge on any atom is 0.0945 e. The Balaban J connectivity index is 2.38. The minimum atomic E-state index is 0.124. The largest absolute Gasteiger partial charge is 0.151 e. The molecule has 2 nitrogen and oxygen atoms in total. The summed E-state index contributed by atoms with van der Waals surface area (Å²) >= 11 is 0. The van der Waals surface area contributed by atoms with Gasteiger partial charge >= 0.3 is 0 Å². The topological polar surface area (TPSA) is 29.4 Å². The van der Waals surface area contributed by atoms with Gasteiger partial charge in [0.15, 0.2) is 0 Å². The molecule has 2 unspecified atom stereocenters. The van der Waals surface area contributed by atoms with Crippen molar-refractivity contribution in [3.63, 3.8) is 0 Å². The highest BCUT2D eigenvalue weighted by Crippen LogP contribution is 2.25. The van der Waals surface area contributed by atoms with Gasteiger partial charge < -0.3 is 0 Å². The average molecular weight is 127 g/mol. The van der Waals surface area contributed by atoms with Gasteiger partial charge in [-0.25, -0.2) is 0 Å². The van der Waals surface area contributed by atoms with E-state index in [0.29, 0.717) is 5.92 Å². The molecule has 2 heteroatoms. The lowest BCUT2D eigenvalue weighted by molar-refractivity contribution is 0.331. The van der Waals surface area contributed by atoms with Crippen LogP contribution in [0.5, 0.6) is 0 Å². The van der Waals surface area contributed by atoms with Crippen LogP contribution in [0.25, 0.3) is 0 Å². The van der Waals surface area contributed by atoms with E-state index in [4.69, 9.17) is 0 Å². The van der Waals surface area contributed by atoms with Gasteiger partial charge in [0, 0.05) is 0 Å². The standard InChI is InChI=1S/C7H13NO/c1-6-4-2-3-5-7(6)8-9/h6-7H,2-5H2,1H3. The lowest BCUT2D eigenvalue weighted by Crippen LogP contribution is -2.19. The fourth-order valence-electron chi connectivity index (χ4n) is 1.45. The van der Waals surface area contributed by atoms with E-state index in [1.165, 1.54) is 19.3 Å². The van der Waals surface area contributed by atoms with Gasteiger partial charge in [0.25, 0.3) is 0 Å². The van der Waals surface area contributed by atoms with Crippen LogP contribution in [0, 0.1) is 10.8 Å². The highest BCUT2D eigenvalue weighted by Gasteiger charge is 2.20. The number of hydrogen-bond donors (Lipinski definition) is 0. The van der Waals surface area contributed by atoms with Crippen LogP contribution < -0.4 is 0 Å². The first kappa shape index (κ1) is 6.72. The van der Waals surface area contributed by atoms with Gasteiger partial charge in [0.2, 0.25) is 0 Å². The van der Waals surface area contributed by atoms with Crippen molar-refractivity contribution in [2.75, 3.05) is 0 Å². The summed E-state index contributed by atoms with van der Waals surface area (Å²) in [5.74, 6) is 0.538. The molecule has 1 aliphatic rings. The van der Waals surface area contributed by atoms with Crippen LogP contribution in [0.3, 0.4) is 0 Å². The number of nitrogens with zero attached hydrogens (tertiary/aromatic N) is 1. The average Bonchev–Trinajstić information content (AvgIpc) is 1.89. The molecule has 1 rings (SSSR count). The maximum atomic E-state index is 10.1. The first-order chi connectivity index (χ1) is 4.34. The van der Waals surface area contributed by atoms with Crippen molar-refractivity contribution in [2.24, 2.45) is 11.1 Å². The second-order valence-electron chi connectivity index (χ2n) is 2.93. The Morgan fingerprint density at radius 1 is 1.33 bits per heavy atom. The van der Waals surface area contributed by atoms with Gasteiger partial charge in [0.1, 0.15) is 0 Å². The molecular formula is C7H13NO. The third-order valence-electron chi connectivity index (χ3n) is 2.20. The van der Waals surface area contributed by atoms with E-state index in [0.717, 1.165) is 6.42 Å². The summed E-state index contributed by atoms with van der Waals surface area (Å²) in [6.07, 6.45) is 4.69. The summed E-state index contributed by atoms with van der Waals surface area (Å²) in [4.78, 5) is 10.1. The Kier molecular flexibility index (Phi) is 2.20. The van der Waals surface area contributed by atoms with Crippen LogP contribution in [-0.2, 0) is 0 Å². The molecule has 1 aliphatic carbocycles. The molecule has 0 aliphatic heterocycles. The molecule has 0 bridgehead atoms. The minimum absolute atomic E-state index is 0.124. The molecule has 1 fully saturated rings. The number of rotatable bonds is 1. The fraction of sp³-hybridized carbons (Fsp3) is 1.00.